The third kappa shape index (κ3) is 4.10. The number of nitrogens with one attached hydrogen (secondary N) is 1. The van der Waals surface area contributed by atoms with Gasteiger partial charge < -0.3 is 19.7 Å². The van der Waals surface area contributed by atoms with Crippen LogP contribution in [0.15, 0.2) is 18.3 Å². The summed E-state index contributed by atoms with van der Waals surface area (Å²) < 4.78 is 9.88. The van der Waals surface area contributed by atoms with Gasteiger partial charge in [-0.25, -0.2) is 4.98 Å². The summed E-state index contributed by atoms with van der Waals surface area (Å²) in [5, 5.41) is 3.13. The predicted molar refractivity (Wildman–Crippen MR) is 72.4 cm³/mol. The van der Waals surface area contributed by atoms with E-state index in [4.69, 9.17) is 4.74 Å². The molecule has 0 unspecified atom stereocenters. The van der Waals surface area contributed by atoms with Gasteiger partial charge in [0.2, 0.25) is 0 Å². The van der Waals surface area contributed by atoms with Crippen molar-refractivity contribution in [1.29, 1.82) is 0 Å². The van der Waals surface area contributed by atoms with Crippen LogP contribution in [0.4, 0.5) is 11.5 Å². The average Bonchev–Trinajstić information content (AvgIpc) is 2.48. The molecule has 0 aromatic carbocycles. The molecule has 1 fully saturated rings. The maximum Gasteiger partial charge on any atom is 0.307 e. The molecule has 2 rings (SSSR count). The molecular formula is C13H19N3O3. The van der Waals surface area contributed by atoms with E-state index in [0.29, 0.717) is 13.0 Å². The molecule has 0 saturated carbocycles. The summed E-state index contributed by atoms with van der Waals surface area (Å²) in [4.78, 5) is 17.6. The Morgan fingerprint density at radius 1 is 1.47 bits per heavy atom. The molecular weight excluding hydrogens is 246 g/mol. The molecule has 1 aliphatic rings. The number of carbonyl (C=O) groups excluding carboxylic acids is 1. The first kappa shape index (κ1) is 13.6. The molecule has 6 heteroatoms. The van der Waals surface area contributed by atoms with Gasteiger partial charge in [-0.2, -0.15) is 0 Å². The highest BCUT2D eigenvalue weighted by Crippen LogP contribution is 2.15. The summed E-state index contributed by atoms with van der Waals surface area (Å²) in [5.74, 6) is 0.743. The van der Waals surface area contributed by atoms with Gasteiger partial charge in [0.1, 0.15) is 5.82 Å². The van der Waals surface area contributed by atoms with Crippen molar-refractivity contribution in [2.75, 3.05) is 50.2 Å². The van der Waals surface area contributed by atoms with Gasteiger partial charge in [0, 0.05) is 19.6 Å². The number of hydrogen-bond acceptors (Lipinski definition) is 6. The molecule has 2 heterocycles. The predicted octanol–water partition coefficient (Wildman–Crippen LogP) is 0.893. The van der Waals surface area contributed by atoms with Gasteiger partial charge in [0.25, 0.3) is 0 Å². The molecule has 1 saturated heterocycles. The first-order valence-corrected chi connectivity index (χ1v) is 6.39. The van der Waals surface area contributed by atoms with E-state index < -0.39 is 0 Å². The van der Waals surface area contributed by atoms with Gasteiger partial charge in [-0.3, -0.25) is 4.79 Å². The van der Waals surface area contributed by atoms with Gasteiger partial charge >= 0.3 is 5.97 Å². The highest BCUT2D eigenvalue weighted by Gasteiger charge is 2.11. The van der Waals surface area contributed by atoms with Gasteiger partial charge in [0.15, 0.2) is 0 Å². The minimum Gasteiger partial charge on any atom is -0.469 e. The second kappa shape index (κ2) is 6.94. The van der Waals surface area contributed by atoms with Crippen LogP contribution in [-0.4, -0.2) is 50.9 Å². The van der Waals surface area contributed by atoms with E-state index in [1.165, 1.54) is 7.11 Å². The van der Waals surface area contributed by atoms with Gasteiger partial charge in [0.05, 0.1) is 38.6 Å². The van der Waals surface area contributed by atoms with Gasteiger partial charge in [-0.05, 0) is 12.1 Å². The van der Waals surface area contributed by atoms with E-state index in [1.54, 1.807) is 6.20 Å². The zero-order valence-electron chi connectivity index (χ0n) is 11.1. The van der Waals surface area contributed by atoms with Crippen LogP contribution in [0, 0.1) is 0 Å². The van der Waals surface area contributed by atoms with Crippen LogP contribution < -0.4 is 10.2 Å². The van der Waals surface area contributed by atoms with Crippen LogP contribution in [0.3, 0.4) is 0 Å². The molecule has 0 atom stereocenters. The Morgan fingerprint density at radius 2 is 2.26 bits per heavy atom. The second-order valence-corrected chi connectivity index (χ2v) is 4.26. The van der Waals surface area contributed by atoms with Crippen molar-refractivity contribution < 1.29 is 14.3 Å². The van der Waals surface area contributed by atoms with Crippen molar-refractivity contribution in [2.24, 2.45) is 0 Å². The van der Waals surface area contributed by atoms with Crippen molar-refractivity contribution in [1.82, 2.24) is 4.98 Å². The molecule has 1 N–H and O–H groups in total. The number of methoxy groups -OCH3 is 1. The van der Waals surface area contributed by atoms with Crippen LogP contribution >= 0.6 is 0 Å². The molecule has 104 valence electrons. The zero-order valence-corrected chi connectivity index (χ0v) is 11.1. The normalized spacial score (nSPS) is 15.1. The van der Waals surface area contributed by atoms with Crippen LogP contribution in [-0.2, 0) is 14.3 Å². The topological polar surface area (TPSA) is 63.7 Å². The van der Waals surface area contributed by atoms with Crippen LogP contribution in [0.1, 0.15) is 6.42 Å². The minimum absolute atomic E-state index is 0.217. The molecule has 0 aliphatic carbocycles. The summed E-state index contributed by atoms with van der Waals surface area (Å²) in [6.07, 6.45) is 2.13. The van der Waals surface area contributed by atoms with Crippen molar-refractivity contribution >= 4 is 17.5 Å². The van der Waals surface area contributed by atoms with Crippen molar-refractivity contribution in [3.8, 4) is 0 Å². The van der Waals surface area contributed by atoms with E-state index in [0.717, 1.165) is 37.8 Å². The lowest BCUT2D eigenvalue weighted by Crippen LogP contribution is -2.36. The molecule has 0 bridgehead atoms. The smallest absolute Gasteiger partial charge is 0.307 e. The molecule has 0 spiro atoms. The highest BCUT2D eigenvalue weighted by molar-refractivity contribution is 5.69. The summed E-state index contributed by atoms with van der Waals surface area (Å²) in [5.41, 5.74) is 0.904. The molecule has 1 aromatic rings. The molecule has 0 radical (unpaired) electrons. The number of aromatic nitrogens is 1. The first-order valence-electron chi connectivity index (χ1n) is 6.39. The standard InChI is InChI=1S/C13H19N3O3/c1-18-13(17)4-5-14-11-2-3-12(15-10-11)16-6-8-19-9-7-16/h2-3,10,14H,4-9H2,1H3. The summed E-state index contributed by atoms with van der Waals surface area (Å²) >= 11 is 0. The maximum absolute atomic E-state index is 11.0. The molecule has 19 heavy (non-hydrogen) atoms. The third-order valence-electron chi connectivity index (χ3n) is 2.97. The number of morpholine rings is 1. The number of rotatable bonds is 5. The Labute approximate surface area is 112 Å². The first-order chi connectivity index (χ1) is 9.29. The third-order valence-corrected chi connectivity index (χ3v) is 2.97. The van der Waals surface area contributed by atoms with Crippen LogP contribution in [0.25, 0.3) is 0 Å². The fourth-order valence-corrected chi connectivity index (χ4v) is 1.88. The van der Waals surface area contributed by atoms with E-state index >= 15 is 0 Å². The Kier molecular flexibility index (Phi) is 4.97. The minimum atomic E-state index is -0.217. The Morgan fingerprint density at radius 3 is 2.89 bits per heavy atom. The monoisotopic (exact) mass is 265 g/mol. The van der Waals surface area contributed by atoms with Crippen LogP contribution in [0.5, 0.6) is 0 Å². The van der Waals surface area contributed by atoms with Crippen LogP contribution in [0.2, 0.25) is 0 Å². The number of hydrogen-bond donors (Lipinski definition) is 1. The van der Waals surface area contributed by atoms with E-state index in [1.807, 2.05) is 12.1 Å². The SMILES string of the molecule is COC(=O)CCNc1ccc(N2CCOCC2)nc1. The summed E-state index contributed by atoms with van der Waals surface area (Å²) in [6, 6.07) is 3.95. The Bertz CT molecular complexity index is 402. The number of nitrogens with zero attached hydrogens (tertiary/aromatic N) is 2. The molecule has 0 amide bonds. The van der Waals surface area contributed by atoms with E-state index in [9.17, 15) is 4.79 Å². The lowest BCUT2D eigenvalue weighted by Gasteiger charge is -2.27. The number of esters is 1. The molecule has 6 nitrogen and oxygen atoms in total. The molecule has 1 aliphatic heterocycles. The Hall–Kier alpha value is -1.82. The fraction of sp³-hybridized carbons (Fsp3) is 0.538. The lowest BCUT2D eigenvalue weighted by atomic mass is 10.3. The lowest BCUT2D eigenvalue weighted by molar-refractivity contribution is -0.140. The van der Waals surface area contributed by atoms with Gasteiger partial charge in [-0.1, -0.05) is 0 Å². The second-order valence-electron chi connectivity index (χ2n) is 4.26. The van der Waals surface area contributed by atoms with Crippen molar-refractivity contribution in [2.45, 2.75) is 6.42 Å². The van der Waals surface area contributed by atoms with E-state index in [-0.39, 0.29) is 5.97 Å². The highest BCUT2D eigenvalue weighted by atomic mass is 16.5. The number of carbonyl (C=O) groups is 1. The number of pyridine rings is 1. The number of ether oxygens (including phenoxy) is 2. The average molecular weight is 265 g/mol. The zero-order chi connectivity index (χ0) is 13.5. The van der Waals surface area contributed by atoms with Crippen molar-refractivity contribution in [3.05, 3.63) is 18.3 Å². The number of anilines is 2. The fourth-order valence-electron chi connectivity index (χ4n) is 1.88. The summed E-state index contributed by atoms with van der Waals surface area (Å²) in [6.45, 7) is 3.80. The van der Waals surface area contributed by atoms with Gasteiger partial charge in [-0.15, -0.1) is 0 Å². The largest absolute Gasteiger partial charge is 0.469 e. The van der Waals surface area contributed by atoms with Crippen molar-refractivity contribution in [3.63, 3.8) is 0 Å². The molecule has 1 aromatic heterocycles. The Balaban J connectivity index is 1.82. The van der Waals surface area contributed by atoms with E-state index in [2.05, 4.69) is 19.9 Å². The summed E-state index contributed by atoms with van der Waals surface area (Å²) in [7, 11) is 1.39. The quantitative estimate of drug-likeness (QED) is 0.798. The maximum atomic E-state index is 11.0.